The van der Waals surface area contributed by atoms with Crippen molar-refractivity contribution in [2.45, 2.75) is 8.55 Å². The van der Waals surface area contributed by atoms with E-state index >= 15 is 0 Å². The third-order valence-corrected chi connectivity index (χ3v) is 3.36. The van der Waals surface area contributed by atoms with Gasteiger partial charge in [-0.3, -0.25) is 0 Å². The van der Waals surface area contributed by atoms with Crippen LogP contribution in [0, 0.1) is 0 Å². The van der Waals surface area contributed by atoms with Crippen LogP contribution in [0.1, 0.15) is 0 Å². The van der Waals surface area contributed by atoms with Crippen LogP contribution in [-0.2, 0) is 0 Å². The SMILES string of the molecule is c1cc(Sc2nnns2)sn1. The molecule has 0 aliphatic rings. The summed E-state index contributed by atoms with van der Waals surface area (Å²) in [5.74, 6) is 0. The molecule has 0 atom stereocenters. The van der Waals surface area contributed by atoms with E-state index in [2.05, 4.69) is 19.2 Å². The highest BCUT2D eigenvalue weighted by Gasteiger charge is 2.01. The van der Waals surface area contributed by atoms with Gasteiger partial charge in [-0.05, 0) is 34.6 Å². The molecule has 0 aromatic carbocycles. The molecule has 2 aromatic rings. The van der Waals surface area contributed by atoms with Gasteiger partial charge in [0.2, 0.25) is 0 Å². The fourth-order valence-corrected chi connectivity index (χ4v) is 2.64. The van der Waals surface area contributed by atoms with Crippen molar-refractivity contribution in [3.63, 3.8) is 0 Å². The molecule has 0 aliphatic heterocycles. The first-order valence-electron chi connectivity index (χ1n) is 2.69. The van der Waals surface area contributed by atoms with Gasteiger partial charge in [0, 0.05) is 17.7 Å². The smallest absolute Gasteiger partial charge is 0.199 e. The van der Waals surface area contributed by atoms with E-state index in [0.717, 1.165) is 8.55 Å². The van der Waals surface area contributed by atoms with Gasteiger partial charge in [-0.25, -0.2) is 4.37 Å². The zero-order chi connectivity index (χ0) is 7.52. The highest BCUT2D eigenvalue weighted by Crippen LogP contribution is 2.29. The van der Waals surface area contributed by atoms with Crippen LogP contribution in [0.2, 0.25) is 0 Å². The van der Waals surface area contributed by atoms with E-state index in [1.54, 1.807) is 6.20 Å². The molecule has 56 valence electrons. The van der Waals surface area contributed by atoms with Gasteiger partial charge in [-0.2, -0.15) is 0 Å². The van der Waals surface area contributed by atoms with E-state index in [4.69, 9.17) is 0 Å². The fourth-order valence-electron chi connectivity index (χ4n) is 0.508. The molecule has 2 aromatic heterocycles. The first kappa shape index (κ1) is 7.14. The molecule has 0 N–H and O–H groups in total. The second-order valence-electron chi connectivity index (χ2n) is 1.56. The maximum absolute atomic E-state index is 3.96. The Morgan fingerprint density at radius 3 is 3.00 bits per heavy atom. The number of hydrogen-bond acceptors (Lipinski definition) is 7. The van der Waals surface area contributed by atoms with Gasteiger partial charge in [0.25, 0.3) is 0 Å². The zero-order valence-electron chi connectivity index (χ0n) is 5.17. The van der Waals surface area contributed by atoms with Gasteiger partial charge < -0.3 is 0 Å². The minimum atomic E-state index is 0.856. The lowest BCUT2D eigenvalue weighted by atomic mass is 10.8. The van der Waals surface area contributed by atoms with Crippen LogP contribution in [0.15, 0.2) is 20.8 Å². The van der Waals surface area contributed by atoms with E-state index in [1.807, 2.05) is 6.07 Å². The molecule has 2 heterocycles. The van der Waals surface area contributed by atoms with E-state index in [-0.39, 0.29) is 0 Å². The van der Waals surface area contributed by atoms with Crippen molar-refractivity contribution in [1.29, 1.82) is 0 Å². The largest absolute Gasteiger partial charge is 0.200 e. The molecular weight excluding hydrogens is 200 g/mol. The molecule has 0 amide bonds. The second-order valence-corrected chi connectivity index (χ2v) is 4.68. The zero-order valence-corrected chi connectivity index (χ0v) is 7.62. The number of hydrogen-bond donors (Lipinski definition) is 0. The van der Waals surface area contributed by atoms with Crippen molar-refractivity contribution in [1.82, 2.24) is 19.2 Å². The fraction of sp³-hybridized carbons (Fsp3) is 0. The van der Waals surface area contributed by atoms with Crippen molar-refractivity contribution >= 4 is 34.8 Å². The van der Waals surface area contributed by atoms with E-state index < -0.39 is 0 Å². The Kier molecular flexibility index (Phi) is 2.11. The third-order valence-electron chi connectivity index (χ3n) is 0.884. The predicted octanol–water partition coefficient (Wildman–Crippen LogP) is 1.54. The summed E-state index contributed by atoms with van der Waals surface area (Å²) in [6.45, 7) is 0. The number of nitrogens with zero attached hydrogens (tertiary/aromatic N) is 4. The highest BCUT2D eigenvalue weighted by atomic mass is 32.2. The average molecular weight is 202 g/mol. The summed E-state index contributed by atoms with van der Waals surface area (Å²) in [5.41, 5.74) is 0. The molecule has 0 saturated heterocycles. The second kappa shape index (κ2) is 3.24. The van der Waals surface area contributed by atoms with Gasteiger partial charge >= 0.3 is 0 Å². The summed E-state index contributed by atoms with van der Waals surface area (Å²) >= 11 is 4.28. The van der Waals surface area contributed by atoms with Crippen LogP contribution in [0.25, 0.3) is 0 Å². The Labute approximate surface area is 75.0 Å². The minimum Gasteiger partial charge on any atom is -0.200 e. The van der Waals surface area contributed by atoms with Crippen LogP contribution in [0.4, 0.5) is 0 Å². The van der Waals surface area contributed by atoms with Gasteiger partial charge in [0.1, 0.15) is 0 Å². The van der Waals surface area contributed by atoms with Crippen molar-refractivity contribution < 1.29 is 0 Å². The monoisotopic (exact) mass is 202 g/mol. The van der Waals surface area contributed by atoms with E-state index in [0.29, 0.717) is 0 Å². The van der Waals surface area contributed by atoms with Crippen molar-refractivity contribution in [2.24, 2.45) is 0 Å². The minimum absolute atomic E-state index is 0.856. The lowest BCUT2D eigenvalue weighted by Gasteiger charge is -1.84. The van der Waals surface area contributed by atoms with Crippen molar-refractivity contribution in [3.8, 4) is 0 Å². The van der Waals surface area contributed by atoms with Crippen LogP contribution >= 0.6 is 34.8 Å². The number of aromatic nitrogens is 4. The first-order chi connectivity index (χ1) is 5.45. The van der Waals surface area contributed by atoms with Gasteiger partial charge in [-0.1, -0.05) is 4.49 Å². The summed E-state index contributed by atoms with van der Waals surface area (Å²) < 4.78 is 9.58. The quantitative estimate of drug-likeness (QED) is 0.739. The van der Waals surface area contributed by atoms with Gasteiger partial charge in [-0.15, -0.1) is 5.10 Å². The highest BCUT2D eigenvalue weighted by molar-refractivity contribution is 8.02. The lowest BCUT2D eigenvalue weighted by Crippen LogP contribution is -1.68. The standard InChI is InChI=1S/C4H2N4S3/c1-2-5-10-3(1)9-4-6-7-8-11-4/h1-2H. The lowest BCUT2D eigenvalue weighted by molar-refractivity contribution is 0.915. The molecular formula is C4H2N4S3. The molecule has 0 radical (unpaired) electrons. The predicted molar refractivity (Wildman–Crippen MR) is 43.9 cm³/mol. The third kappa shape index (κ3) is 1.73. The maximum atomic E-state index is 3.96. The molecule has 0 unspecified atom stereocenters. The van der Waals surface area contributed by atoms with Crippen LogP contribution < -0.4 is 0 Å². The molecule has 0 fully saturated rings. The van der Waals surface area contributed by atoms with Crippen molar-refractivity contribution in [3.05, 3.63) is 12.3 Å². The molecule has 0 saturated carbocycles. The molecule has 11 heavy (non-hydrogen) atoms. The van der Waals surface area contributed by atoms with E-state index in [9.17, 15) is 0 Å². The van der Waals surface area contributed by atoms with Gasteiger partial charge in [0.05, 0.1) is 4.21 Å². The molecule has 0 bridgehead atoms. The Hall–Kier alpha value is -0.530. The molecule has 4 nitrogen and oxygen atoms in total. The normalized spacial score (nSPS) is 10.2. The van der Waals surface area contributed by atoms with Crippen LogP contribution in [0.5, 0.6) is 0 Å². The van der Waals surface area contributed by atoms with E-state index in [1.165, 1.54) is 34.8 Å². The first-order valence-corrected chi connectivity index (χ1v) is 5.05. The summed E-state index contributed by atoms with van der Waals surface area (Å²) in [6, 6.07) is 1.94. The van der Waals surface area contributed by atoms with Crippen molar-refractivity contribution in [2.75, 3.05) is 0 Å². The average Bonchev–Trinajstić information content (AvgIpc) is 2.60. The summed E-state index contributed by atoms with van der Waals surface area (Å²) in [6.07, 6.45) is 1.77. The molecule has 0 spiro atoms. The Morgan fingerprint density at radius 1 is 1.36 bits per heavy atom. The topological polar surface area (TPSA) is 51.6 Å². The molecule has 7 heteroatoms. The van der Waals surface area contributed by atoms with Crippen LogP contribution in [-0.4, -0.2) is 19.2 Å². The molecule has 2 rings (SSSR count). The number of rotatable bonds is 2. The Bertz CT molecular complexity index is 270. The van der Waals surface area contributed by atoms with Gasteiger partial charge in [0.15, 0.2) is 4.34 Å². The summed E-state index contributed by atoms with van der Waals surface area (Å²) in [4.78, 5) is 0. The Balaban J connectivity index is 2.14. The summed E-state index contributed by atoms with van der Waals surface area (Å²) in [7, 11) is 0. The molecule has 0 aliphatic carbocycles. The maximum Gasteiger partial charge on any atom is 0.199 e. The summed E-state index contributed by atoms with van der Waals surface area (Å²) in [5, 5.41) is 7.27. The Morgan fingerprint density at radius 2 is 2.36 bits per heavy atom. The van der Waals surface area contributed by atoms with Crippen LogP contribution in [0.3, 0.4) is 0 Å².